The number of aryl methyl sites for hydroxylation is 1. The van der Waals surface area contributed by atoms with Gasteiger partial charge in [-0.15, -0.1) is 11.3 Å². The summed E-state index contributed by atoms with van der Waals surface area (Å²) in [6.45, 7) is 3.75. The number of carbonyl (C=O) groups is 3. The van der Waals surface area contributed by atoms with Crippen molar-refractivity contribution in [2.45, 2.75) is 33.4 Å². The van der Waals surface area contributed by atoms with Crippen molar-refractivity contribution in [3.8, 4) is 0 Å². The molecule has 10 heteroatoms. The Bertz CT molecular complexity index is 1490. The van der Waals surface area contributed by atoms with Gasteiger partial charge in [0, 0.05) is 5.69 Å². The second kappa shape index (κ2) is 11.6. The summed E-state index contributed by atoms with van der Waals surface area (Å²) in [5.74, 6) is -1.41. The second-order valence-corrected chi connectivity index (χ2v) is 9.24. The van der Waals surface area contributed by atoms with Gasteiger partial charge in [0.05, 0.1) is 23.9 Å². The molecule has 0 saturated carbocycles. The Hall–Kier alpha value is -4.31. The maximum Gasteiger partial charge on any atom is 0.349 e. The van der Waals surface area contributed by atoms with E-state index >= 15 is 0 Å². The Morgan fingerprint density at radius 3 is 2.43 bits per heavy atom. The van der Waals surface area contributed by atoms with Crippen LogP contribution >= 0.6 is 11.3 Å². The molecule has 0 saturated heterocycles. The number of benzene rings is 2. The fraction of sp³-hybridized carbons (Fsp3) is 0.222. The smallest absolute Gasteiger partial charge is 0.349 e. The highest BCUT2D eigenvalue weighted by atomic mass is 32.1. The molecule has 2 aromatic carbocycles. The number of anilines is 1. The average molecular weight is 520 g/mol. The number of nitrogens with one attached hydrogen (secondary N) is 1. The van der Waals surface area contributed by atoms with Crippen LogP contribution in [0.25, 0.3) is 10.2 Å². The Labute approximate surface area is 216 Å². The number of hydrogen-bond acceptors (Lipinski definition) is 8. The first kappa shape index (κ1) is 25.8. The fourth-order valence-electron chi connectivity index (χ4n) is 3.58. The predicted octanol–water partition coefficient (Wildman–Crippen LogP) is 4.33. The Morgan fingerprint density at radius 1 is 1.00 bits per heavy atom. The number of hydrogen-bond donors (Lipinski definition) is 1. The Balaban J connectivity index is 1.44. The molecule has 0 aliphatic carbocycles. The number of fused-ring (bicyclic) bond motifs is 1. The van der Waals surface area contributed by atoms with Crippen molar-refractivity contribution in [3.05, 3.63) is 92.8 Å². The van der Waals surface area contributed by atoms with E-state index in [0.717, 1.165) is 23.3 Å². The van der Waals surface area contributed by atoms with Crippen LogP contribution < -0.4 is 10.9 Å². The first-order chi connectivity index (χ1) is 17.9. The third kappa shape index (κ3) is 6.10. The molecular formula is C27H25N3O6S. The van der Waals surface area contributed by atoms with E-state index in [1.807, 2.05) is 37.3 Å². The highest BCUT2D eigenvalue weighted by molar-refractivity contribution is 7.20. The van der Waals surface area contributed by atoms with E-state index in [1.54, 1.807) is 31.2 Å². The highest BCUT2D eigenvalue weighted by Gasteiger charge is 2.21. The topological polar surface area (TPSA) is 117 Å². The van der Waals surface area contributed by atoms with Crippen molar-refractivity contribution in [3.63, 3.8) is 0 Å². The summed E-state index contributed by atoms with van der Waals surface area (Å²) in [6.07, 6.45) is 2.01. The molecule has 0 unspecified atom stereocenters. The van der Waals surface area contributed by atoms with Gasteiger partial charge in [-0.2, -0.15) is 0 Å². The minimum Gasteiger partial charge on any atom is -0.462 e. The maximum atomic E-state index is 13.1. The minimum absolute atomic E-state index is 0.117. The monoisotopic (exact) mass is 519 g/mol. The van der Waals surface area contributed by atoms with Crippen molar-refractivity contribution in [2.24, 2.45) is 0 Å². The van der Waals surface area contributed by atoms with E-state index < -0.39 is 23.4 Å². The van der Waals surface area contributed by atoms with Crippen molar-refractivity contribution in [1.82, 2.24) is 9.55 Å². The molecule has 0 spiro atoms. The lowest BCUT2D eigenvalue weighted by Gasteiger charge is -2.08. The first-order valence-corrected chi connectivity index (χ1v) is 12.5. The van der Waals surface area contributed by atoms with Crippen LogP contribution in [-0.2, 0) is 27.4 Å². The molecule has 0 fully saturated rings. The number of ether oxygens (including phenoxy) is 2. The van der Waals surface area contributed by atoms with E-state index in [-0.39, 0.29) is 18.5 Å². The van der Waals surface area contributed by atoms with Gasteiger partial charge >= 0.3 is 11.9 Å². The van der Waals surface area contributed by atoms with Crippen molar-refractivity contribution in [2.75, 3.05) is 11.9 Å². The van der Waals surface area contributed by atoms with Gasteiger partial charge in [0.1, 0.15) is 22.9 Å². The molecule has 4 rings (SSSR count). The molecule has 9 nitrogen and oxygen atoms in total. The molecule has 0 bridgehead atoms. The fourth-order valence-corrected chi connectivity index (χ4v) is 4.61. The molecule has 1 amide bonds. The lowest BCUT2D eigenvalue weighted by atomic mass is 10.2. The molecular weight excluding hydrogens is 494 g/mol. The van der Waals surface area contributed by atoms with Crippen LogP contribution in [-0.4, -0.2) is 34.0 Å². The van der Waals surface area contributed by atoms with Crippen LogP contribution in [0.15, 0.2) is 65.7 Å². The number of thiophene rings is 1. The van der Waals surface area contributed by atoms with E-state index in [0.29, 0.717) is 33.1 Å². The molecule has 1 N–H and O–H groups in total. The average Bonchev–Trinajstić information content (AvgIpc) is 3.25. The summed E-state index contributed by atoms with van der Waals surface area (Å²) in [5.41, 5.74) is 1.74. The number of nitrogens with zero attached hydrogens (tertiary/aromatic N) is 2. The predicted molar refractivity (Wildman–Crippen MR) is 140 cm³/mol. The van der Waals surface area contributed by atoms with Crippen LogP contribution in [0.3, 0.4) is 0 Å². The van der Waals surface area contributed by atoms with Gasteiger partial charge in [0.15, 0.2) is 0 Å². The molecule has 2 heterocycles. The molecule has 190 valence electrons. The summed E-state index contributed by atoms with van der Waals surface area (Å²) >= 11 is 1.08. The summed E-state index contributed by atoms with van der Waals surface area (Å²) < 4.78 is 11.7. The largest absolute Gasteiger partial charge is 0.462 e. The molecule has 0 aliphatic rings. The van der Waals surface area contributed by atoms with Gasteiger partial charge in [-0.05, 0) is 48.7 Å². The lowest BCUT2D eigenvalue weighted by molar-refractivity contribution is -0.116. The summed E-state index contributed by atoms with van der Waals surface area (Å²) in [6, 6.07) is 15.6. The van der Waals surface area contributed by atoms with Gasteiger partial charge in [-0.25, -0.2) is 14.6 Å². The van der Waals surface area contributed by atoms with Crippen molar-refractivity contribution >= 4 is 45.1 Å². The van der Waals surface area contributed by atoms with Crippen LogP contribution in [0, 0.1) is 6.92 Å². The number of aromatic nitrogens is 2. The normalized spacial score (nSPS) is 10.8. The summed E-state index contributed by atoms with van der Waals surface area (Å²) in [5, 5.41) is 2.97. The molecule has 0 radical (unpaired) electrons. The highest BCUT2D eigenvalue weighted by Crippen LogP contribution is 2.27. The summed E-state index contributed by atoms with van der Waals surface area (Å²) in [7, 11) is 0. The summed E-state index contributed by atoms with van der Waals surface area (Å²) in [4.78, 5) is 55.2. The molecule has 0 atom stereocenters. The van der Waals surface area contributed by atoms with Gasteiger partial charge in [-0.1, -0.05) is 37.3 Å². The number of carbonyl (C=O) groups excluding carboxylic acids is 3. The van der Waals surface area contributed by atoms with Crippen LogP contribution in [0.2, 0.25) is 0 Å². The zero-order valence-electron chi connectivity index (χ0n) is 20.4. The zero-order chi connectivity index (χ0) is 26.4. The second-order valence-electron chi connectivity index (χ2n) is 8.24. The minimum atomic E-state index is -0.532. The Morgan fingerprint density at radius 2 is 1.73 bits per heavy atom. The first-order valence-electron chi connectivity index (χ1n) is 11.6. The van der Waals surface area contributed by atoms with E-state index in [1.165, 1.54) is 10.9 Å². The molecule has 2 aromatic heterocycles. The molecule has 0 aliphatic heterocycles. The van der Waals surface area contributed by atoms with Crippen LogP contribution in [0.4, 0.5) is 5.69 Å². The molecule has 37 heavy (non-hydrogen) atoms. The van der Waals surface area contributed by atoms with Gasteiger partial charge in [0.25, 0.3) is 5.56 Å². The van der Waals surface area contributed by atoms with Crippen LogP contribution in [0.5, 0.6) is 0 Å². The van der Waals surface area contributed by atoms with Gasteiger partial charge in [-0.3, -0.25) is 14.2 Å². The van der Waals surface area contributed by atoms with E-state index in [2.05, 4.69) is 10.3 Å². The van der Waals surface area contributed by atoms with Crippen molar-refractivity contribution in [1.29, 1.82) is 0 Å². The number of amides is 1. The van der Waals surface area contributed by atoms with Gasteiger partial charge < -0.3 is 14.8 Å². The maximum absolute atomic E-state index is 13.1. The van der Waals surface area contributed by atoms with Gasteiger partial charge in [0.2, 0.25) is 5.91 Å². The van der Waals surface area contributed by atoms with E-state index in [4.69, 9.17) is 9.47 Å². The third-order valence-corrected chi connectivity index (χ3v) is 6.65. The van der Waals surface area contributed by atoms with E-state index in [9.17, 15) is 19.2 Å². The van der Waals surface area contributed by atoms with Crippen LogP contribution in [0.1, 0.15) is 44.5 Å². The third-order valence-electron chi connectivity index (χ3n) is 5.47. The number of esters is 2. The lowest BCUT2D eigenvalue weighted by Crippen LogP contribution is -2.28. The quantitative estimate of drug-likeness (QED) is 0.327. The Kier molecular flexibility index (Phi) is 8.09. The molecule has 4 aromatic rings. The standard InChI is InChI=1S/C27H25N3O6S/c1-3-13-35-26(33)19-9-11-20(12-10-19)29-21(31)14-30-16-28-24-22(25(30)32)17(2)23(37-24)27(34)36-15-18-7-5-4-6-8-18/h4-12,16H,3,13-15H2,1-2H3,(H,29,31). The zero-order valence-corrected chi connectivity index (χ0v) is 21.2. The SMILES string of the molecule is CCCOC(=O)c1ccc(NC(=O)Cn2cnc3sc(C(=O)OCc4ccccc4)c(C)c3c2=O)cc1. The number of rotatable bonds is 9. The van der Waals surface area contributed by atoms with Crippen molar-refractivity contribution < 1.29 is 23.9 Å².